The predicted octanol–water partition coefficient (Wildman–Crippen LogP) is 2.73. The number of aromatic nitrogens is 1. The zero-order valence-corrected chi connectivity index (χ0v) is 18.9. The molecule has 0 bridgehead atoms. The van der Waals surface area contributed by atoms with Crippen molar-refractivity contribution in [3.63, 3.8) is 0 Å². The van der Waals surface area contributed by atoms with E-state index >= 15 is 0 Å². The van der Waals surface area contributed by atoms with Crippen LogP contribution in [0.5, 0.6) is 17.4 Å². The number of methoxy groups -OCH3 is 2. The van der Waals surface area contributed by atoms with Crippen LogP contribution in [0.1, 0.15) is 16.9 Å². The van der Waals surface area contributed by atoms with Gasteiger partial charge in [0.15, 0.2) is 11.5 Å². The van der Waals surface area contributed by atoms with Crippen LogP contribution in [0.3, 0.4) is 0 Å². The van der Waals surface area contributed by atoms with Gasteiger partial charge in [0.2, 0.25) is 10.0 Å². The van der Waals surface area contributed by atoms with E-state index in [0.29, 0.717) is 29.2 Å². The van der Waals surface area contributed by atoms with E-state index < -0.39 is 16.1 Å². The van der Waals surface area contributed by atoms with Crippen LogP contribution in [0, 0.1) is 0 Å². The van der Waals surface area contributed by atoms with E-state index in [4.69, 9.17) is 18.7 Å². The van der Waals surface area contributed by atoms with E-state index in [2.05, 4.69) is 10.5 Å². The van der Waals surface area contributed by atoms with Gasteiger partial charge in [-0.3, -0.25) is 0 Å². The number of rotatable bonds is 7. The van der Waals surface area contributed by atoms with Gasteiger partial charge in [0.05, 0.1) is 24.7 Å². The molecule has 0 spiro atoms. The van der Waals surface area contributed by atoms with Crippen molar-refractivity contribution in [2.45, 2.75) is 24.4 Å². The summed E-state index contributed by atoms with van der Waals surface area (Å²) in [5.41, 5.74) is 1.20. The van der Waals surface area contributed by atoms with Gasteiger partial charge in [-0.25, -0.2) is 13.2 Å². The number of hydrogen-bond acceptors (Lipinski definition) is 8. The van der Waals surface area contributed by atoms with E-state index in [0.717, 1.165) is 5.56 Å². The second kappa shape index (κ2) is 9.51. The molecule has 33 heavy (non-hydrogen) atoms. The van der Waals surface area contributed by atoms with Crippen molar-refractivity contribution in [1.29, 1.82) is 0 Å². The van der Waals surface area contributed by atoms with Crippen LogP contribution in [0.4, 0.5) is 4.79 Å². The Morgan fingerprint density at radius 1 is 1.12 bits per heavy atom. The highest BCUT2D eigenvalue weighted by Gasteiger charge is 2.33. The summed E-state index contributed by atoms with van der Waals surface area (Å²) >= 11 is 0. The third kappa shape index (κ3) is 4.78. The van der Waals surface area contributed by atoms with E-state index in [1.807, 2.05) is 0 Å². The Kier molecular flexibility index (Phi) is 6.52. The Morgan fingerprint density at radius 2 is 1.88 bits per heavy atom. The van der Waals surface area contributed by atoms with Crippen molar-refractivity contribution < 1.29 is 31.9 Å². The van der Waals surface area contributed by atoms with E-state index in [9.17, 15) is 13.2 Å². The van der Waals surface area contributed by atoms with Gasteiger partial charge in [0, 0.05) is 26.1 Å². The fourth-order valence-corrected chi connectivity index (χ4v) is 4.91. The lowest BCUT2D eigenvalue weighted by atomic mass is 10.1. The lowest BCUT2D eigenvalue weighted by Gasteiger charge is -2.25. The first kappa shape index (κ1) is 22.6. The van der Waals surface area contributed by atoms with Crippen molar-refractivity contribution in [3.8, 4) is 17.4 Å². The number of carbonyl (C=O) groups is 1. The maximum atomic E-state index is 12.9. The van der Waals surface area contributed by atoms with Gasteiger partial charge < -0.3 is 24.1 Å². The van der Waals surface area contributed by atoms with Gasteiger partial charge in [0.25, 0.3) is 5.88 Å². The standard InChI is InChI=1S/C22H23N3O7S/c1-29-19-9-8-15(12-20(19)30-2)13-23-22(26)31-21-17-14-25(11-10-18(17)32-24-21)33(27,28)16-6-4-3-5-7-16/h3-9,12H,10-11,13-14H2,1-2H3,(H,23,26). The molecular formula is C22H23N3O7S. The van der Waals surface area contributed by atoms with Crippen LogP contribution in [-0.4, -0.2) is 44.7 Å². The molecule has 10 nitrogen and oxygen atoms in total. The highest BCUT2D eigenvalue weighted by molar-refractivity contribution is 7.89. The van der Waals surface area contributed by atoms with Crippen LogP contribution in [0.15, 0.2) is 57.9 Å². The minimum atomic E-state index is -3.70. The summed E-state index contributed by atoms with van der Waals surface area (Å²) in [4.78, 5) is 12.5. The fraction of sp³-hybridized carbons (Fsp3) is 0.273. The van der Waals surface area contributed by atoms with Crippen LogP contribution in [-0.2, 0) is 29.5 Å². The smallest absolute Gasteiger partial charge is 0.414 e. The Balaban J connectivity index is 1.42. The van der Waals surface area contributed by atoms with Gasteiger partial charge in [-0.1, -0.05) is 24.3 Å². The summed E-state index contributed by atoms with van der Waals surface area (Å²) in [6.45, 7) is 0.409. The molecule has 0 saturated carbocycles. The van der Waals surface area contributed by atoms with E-state index in [-0.39, 0.29) is 30.4 Å². The first-order valence-corrected chi connectivity index (χ1v) is 11.6. The average Bonchev–Trinajstić information content (AvgIpc) is 3.24. The molecule has 1 amide bonds. The molecule has 1 aliphatic rings. The summed E-state index contributed by atoms with van der Waals surface area (Å²) in [6.07, 6.45) is -0.422. The van der Waals surface area contributed by atoms with Gasteiger partial charge in [0.1, 0.15) is 5.76 Å². The number of nitrogens with one attached hydrogen (secondary N) is 1. The molecule has 1 N–H and O–H groups in total. The Bertz CT molecular complexity index is 1240. The second-order valence-corrected chi connectivity index (χ2v) is 9.16. The molecular weight excluding hydrogens is 450 g/mol. The third-order valence-electron chi connectivity index (χ3n) is 5.21. The molecule has 3 aromatic rings. The highest BCUT2D eigenvalue weighted by atomic mass is 32.2. The minimum absolute atomic E-state index is 0.00560. The lowest BCUT2D eigenvalue weighted by Crippen LogP contribution is -2.36. The zero-order chi connectivity index (χ0) is 23.4. The summed E-state index contributed by atoms with van der Waals surface area (Å²) in [7, 11) is -0.635. The minimum Gasteiger partial charge on any atom is -0.493 e. The molecule has 0 atom stereocenters. The highest BCUT2D eigenvalue weighted by Crippen LogP contribution is 2.31. The van der Waals surface area contributed by atoms with E-state index in [1.165, 1.54) is 30.7 Å². The largest absolute Gasteiger partial charge is 0.493 e. The van der Waals surface area contributed by atoms with Crippen molar-refractivity contribution in [2.75, 3.05) is 20.8 Å². The Morgan fingerprint density at radius 3 is 2.61 bits per heavy atom. The predicted molar refractivity (Wildman–Crippen MR) is 117 cm³/mol. The van der Waals surface area contributed by atoms with Crippen molar-refractivity contribution >= 4 is 16.1 Å². The molecule has 11 heteroatoms. The van der Waals surface area contributed by atoms with Crippen molar-refractivity contribution in [2.24, 2.45) is 0 Å². The molecule has 174 valence electrons. The summed E-state index contributed by atoms with van der Waals surface area (Å²) < 4.78 is 48.2. The van der Waals surface area contributed by atoms with Crippen LogP contribution in [0.2, 0.25) is 0 Å². The van der Waals surface area contributed by atoms with Gasteiger partial charge in [-0.05, 0) is 35.0 Å². The molecule has 0 fully saturated rings. The fourth-order valence-electron chi connectivity index (χ4n) is 3.48. The Hall–Kier alpha value is -3.57. The van der Waals surface area contributed by atoms with E-state index in [1.54, 1.807) is 36.4 Å². The number of fused-ring (bicyclic) bond motifs is 1. The first-order chi connectivity index (χ1) is 15.9. The molecule has 0 unspecified atom stereocenters. The number of amides is 1. The van der Waals surface area contributed by atoms with Gasteiger partial charge in [-0.15, -0.1) is 0 Å². The summed E-state index contributed by atoms with van der Waals surface area (Å²) in [6, 6.07) is 13.4. The number of hydrogen-bond donors (Lipinski definition) is 1. The summed E-state index contributed by atoms with van der Waals surface area (Å²) in [5.74, 6) is 1.56. The monoisotopic (exact) mass is 473 g/mol. The number of benzene rings is 2. The second-order valence-electron chi connectivity index (χ2n) is 7.22. The third-order valence-corrected chi connectivity index (χ3v) is 7.07. The van der Waals surface area contributed by atoms with Crippen molar-refractivity contribution in [3.05, 3.63) is 65.4 Å². The number of sulfonamides is 1. The Labute approximate surface area is 191 Å². The zero-order valence-electron chi connectivity index (χ0n) is 18.1. The number of carbonyl (C=O) groups excluding carboxylic acids is 1. The lowest BCUT2D eigenvalue weighted by molar-refractivity contribution is 0.194. The quantitative estimate of drug-likeness (QED) is 0.556. The first-order valence-electron chi connectivity index (χ1n) is 10.1. The normalized spacial score (nSPS) is 13.8. The molecule has 2 aromatic carbocycles. The molecule has 0 radical (unpaired) electrons. The average molecular weight is 474 g/mol. The van der Waals surface area contributed by atoms with Crippen LogP contribution in [0.25, 0.3) is 0 Å². The molecule has 4 rings (SSSR count). The maximum absolute atomic E-state index is 12.9. The van der Waals surface area contributed by atoms with Crippen molar-refractivity contribution in [1.82, 2.24) is 14.8 Å². The van der Waals surface area contributed by atoms with Gasteiger partial charge >= 0.3 is 6.09 Å². The molecule has 2 heterocycles. The topological polar surface area (TPSA) is 120 Å². The SMILES string of the molecule is COc1ccc(CNC(=O)Oc2noc3c2CN(S(=O)(=O)c2ccccc2)CC3)cc1OC. The summed E-state index contributed by atoms with van der Waals surface area (Å²) in [5, 5.41) is 6.45. The molecule has 0 aliphatic carbocycles. The number of ether oxygens (including phenoxy) is 3. The molecule has 1 aromatic heterocycles. The van der Waals surface area contributed by atoms with Crippen LogP contribution < -0.4 is 19.5 Å². The molecule has 1 aliphatic heterocycles. The van der Waals surface area contributed by atoms with Crippen LogP contribution >= 0.6 is 0 Å². The molecule has 0 saturated heterocycles. The maximum Gasteiger partial charge on any atom is 0.414 e. The van der Waals surface area contributed by atoms with Gasteiger partial charge in [-0.2, -0.15) is 4.31 Å². The number of nitrogens with zero attached hydrogens (tertiary/aromatic N) is 2.